The maximum absolute atomic E-state index is 13.1. The van der Waals surface area contributed by atoms with E-state index in [0.717, 1.165) is 44.8 Å². The molecule has 1 N–H and O–H groups in total. The number of anilines is 1. The highest BCUT2D eigenvalue weighted by Gasteiger charge is 2.18. The molecule has 31 heavy (non-hydrogen) atoms. The number of halogens is 1. The Morgan fingerprint density at radius 2 is 1.58 bits per heavy atom. The molecule has 8 heteroatoms. The topological polar surface area (TPSA) is 63.3 Å². The molecule has 1 aliphatic rings. The fourth-order valence-corrected chi connectivity index (χ4v) is 3.70. The van der Waals surface area contributed by atoms with E-state index in [9.17, 15) is 9.18 Å². The number of amides is 1. The second-order valence-electron chi connectivity index (χ2n) is 7.33. The summed E-state index contributed by atoms with van der Waals surface area (Å²) in [6, 6.07) is 9.93. The Bertz CT molecular complexity index is 843. The molecule has 0 radical (unpaired) electrons. The standard InChI is InChI=1S/C23H30FN3O4/c1-29-20-15-17(16-21(30-2)22(20)31-3)23(28)25-9-4-10-26-11-13-27(14-12-26)19-7-5-18(24)6-8-19/h5-8,15-16H,4,9-14H2,1-3H3,(H,25,28). The molecule has 1 heterocycles. The van der Waals surface area contributed by atoms with Crippen LogP contribution in [0.1, 0.15) is 16.8 Å². The molecule has 168 valence electrons. The van der Waals surface area contributed by atoms with Crippen LogP contribution in [0.2, 0.25) is 0 Å². The first kappa shape index (κ1) is 22.7. The fourth-order valence-electron chi connectivity index (χ4n) is 3.70. The van der Waals surface area contributed by atoms with Crippen LogP contribution in [0.15, 0.2) is 36.4 Å². The van der Waals surface area contributed by atoms with Gasteiger partial charge in [-0.05, 0) is 49.4 Å². The molecule has 0 spiro atoms. The molecule has 7 nitrogen and oxygen atoms in total. The minimum atomic E-state index is -0.212. The van der Waals surface area contributed by atoms with Gasteiger partial charge in [0.05, 0.1) is 21.3 Å². The van der Waals surface area contributed by atoms with Gasteiger partial charge in [0.25, 0.3) is 5.91 Å². The first-order valence-electron chi connectivity index (χ1n) is 10.4. The normalized spacial score (nSPS) is 14.3. The molecular formula is C23H30FN3O4. The maximum Gasteiger partial charge on any atom is 0.251 e. The highest BCUT2D eigenvalue weighted by Crippen LogP contribution is 2.38. The molecule has 2 aromatic carbocycles. The van der Waals surface area contributed by atoms with Gasteiger partial charge in [0.1, 0.15) is 5.82 Å². The molecule has 3 rings (SSSR count). The molecule has 0 bridgehead atoms. The zero-order valence-corrected chi connectivity index (χ0v) is 18.3. The largest absolute Gasteiger partial charge is 0.493 e. The number of nitrogens with one attached hydrogen (secondary N) is 1. The van der Waals surface area contributed by atoms with Gasteiger partial charge in [0.2, 0.25) is 5.75 Å². The number of carbonyl (C=O) groups is 1. The Balaban J connectivity index is 1.43. The van der Waals surface area contributed by atoms with Crippen molar-refractivity contribution in [3.8, 4) is 17.2 Å². The third-order valence-corrected chi connectivity index (χ3v) is 5.43. The lowest BCUT2D eigenvalue weighted by Crippen LogP contribution is -2.47. The summed E-state index contributed by atoms with van der Waals surface area (Å²) in [5.74, 6) is 0.967. The summed E-state index contributed by atoms with van der Waals surface area (Å²) in [6.07, 6.45) is 0.854. The van der Waals surface area contributed by atoms with Crippen molar-refractivity contribution in [3.05, 3.63) is 47.8 Å². The van der Waals surface area contributed by atoms with Crippen LogP contribution in [0.5, 0.6) is 17.2 Å². The summed E-state index contributed by atoms with van der Waals surface area (Å²) in [7, 11) is 4.57. The van der Waals surface area contributed by atoms with Crippen LogP contribution in [-0.2, 0) is 0 Å². The third-order valence-electron chi connectivity index (χ3n) is 5.43. The number of rotatable bonds is 9. The lowest BCUT2D eigenvalue weighted by molar-refractivity contribution is 0.0950. The summed E-state index contributed by atoms with van der Waals surface area (Å²) in [6.45, 7) is 5.18. The summed E-state index contributed by atoms with van der Waals surface area (Å²) in [5, 5.41) is 2.96. The summed E-state index contributed by atoms with van der Waals surface area (Å²) >= 11 is 0. The lowest BCUT2D eigenvalue weighted by atomic mass is 10.1. The summed E-state index contributed by atoms with van der Waals surface area (Å²) < 4.78 is 29.0. The SMILES string of the molecule is COc1cc(C(=O)NCCCN2CCN(c3ccc(F)cc3)CC2)cc(OC)c1OC. The van der Waals surface area contributed by atoms with E-state index in [4.69, 9.17) is 14.2 Å². The van der Waals surface area contributed by atoms with Gasteiger partial charge in [-0.3, -0.25) is 9.69 Å². The molecule has 0 unspecified atom stereocenters. The van der Waals surface area contributed by atoms with Crippen LogP contribution >= 0.6 is 0 Å². The first-order chi connectivity index (χ1) is 15.0. The number of ether oxygens (including phenoxy) is 3. The third kappa shape index (κ3) is 5.79. The van der Waals surface area contributed by atoms with Gasteiger partial charge < -0.3 is 24.4 Å². The van der Waals surface area contributed by atoms with Crippen LogP contribution in [0, 0.1) is 5.82 Å². The zero-order valence-electron chi connectivity index (χ0n) is 18.3. The molecule has 0 aliphatic carbocycles. The van der Waals surface area contributed by atoms with Gasteiger partial charge >= 0.3 is 0 Å². The lowest BCUT2D eigenvalue weighted by Gasteiger charge is -2.36. The maximum atomic E-state index is 13.1. The Kier molecular flexibility index (Phi) is 7.94. The predicted molar refractivity (Wildman–Crippen MR) is 118 cm³/mol. The fraction of sp³-hybridized carbons (Fsp3) is 0.435. The van der Waals surface area contributed by atoms with Crippen LogP contribution in [0.25, 0.3) is 0 Å². The number of piperazine rings is 1. The van der Waals surface area contributed by atoms with Gasteiger partial charge in [-0.1, -0.05) is 0 Å². The van der Waals surface area contributed by atoms with Crippen LogP contribution in [0.4, 0.5) is 10.1 Å². The van der Waals surface area contributed by atoms with Crippen molar-refractivity contribution in [2.45, 2.75) is 6.42 Å². The minimum Gasteiger partial charge on any atom is -0.493 e. The van der Waals surface area contributed by atoms with E-state index in [1.165, 1.54) is 33.5 Å². The van der Waals surface area contributed by atoms with Crippen LogP contribution in [0.3, 0.4) is 0 Å². The van der Waals surface area contributed by atoms with Gasteiger partial charge in [-0.2, -0.15) is 0 Å². The first-order valence-corrected chi connectivity index (χ1v) is 10.4. The van der Waals surface area contributed by atoms with Crippen molar-refractivity contribution >= 4 is 11.6 Å². The van der Waals surface area contributed by atoms with E-state index < -0.39 is 0 Å². The Morgan fingerprint density at radius 1 is 0.968 bits per heavy atom. The number of methoxy groups -OCH3 is 3. The number of hydrogen-bond donors (Lipinski definition) is 1. The van der Waals surface area contributed by atoms with Crippen molar-refractivity contribution in [1.29, 1.82) is 0 Å². The highest BCUT2D eigenvalue weighted by atomic mass is 19.1. The molecule has 0 atom stereocenters. The quantitative estimate of drug-likeness (QED) is 0.616. The van der Waals surface area contributed by atoms with E-state index in [1.807, 2.05) is 12.1 Å². The van der Waals surface area contributed by atoms with Gasteiger partial charge in [0, 0.05) is 44.0 Å². The van der Waals surface area contributed by atoms with E-state index in [-0.39, 0.29) is 11.7 Å². The van der Waals surface area contributed by atoms with Gasteiger partial charge in [-0.15, -0.1) is 0 Å². The predicted octanol–water partition coefficient (Wildman–Crippen LogP) is 2.79. The molecule has 1 aliphatic heterocycles. The Hall–Kier alpha value is -3.00. The highest BCUT2D eigenvalue weighted by molar-refractivity contribution is 5.95. The summed E-state index contributed by atoms with van der Waals surface area (Å²) in [5.41, 5.74) is 1.51. The van der Waals surface area contributed by atoms with E-state index in [0.29, 0.717) is 29.4 Å². The second-order valence-corrected chi connectivity index (χ2v) is 7.33. The van der Waals surface area contributed by atoms with Gasteiger partial charge in [-0.25, -0.2) is 4.39 Å². The number of benzene rings is 2. The zero-order chi connectivity index (χ0) is 22.2. The molecule has 0 saturated carbocycles. The number of hydrogen-bond acceptors (Lipinski definition) is 6. The molecule has 1 fully saturated rings. The monoisotopic (exact) mass is 431 g/mol. The van der Waals surface area contributed by atoms with Crippen LogP contribution in [-0.4, -0.2) is 71.4 Å². The van der Waals surface area contributed by atoms with E-state index >= 15 is 0 Å². The second kappa shape index (κ2) is 10.9. The molecule has 1 amide bonds. The minimum absolute atomic E-state index is 0.180. The Morgan fingerprint density at radius 3 is 2.13 bits per heavy atom. The number of carbonyl (C=O) groups excluding carboxylic acids is 1. The van der Waals surface area contributed by atoms with Crippen LogP contribution < -0.4 is 24.4 Å². The smallest absolute Gasteiger partial charge is 0.251 e. The molecule has 2 aromatic rings. The van der Waals surface area contributed by atoms with Crippen molar-refractivity contribution in [1.82, 2.24) is 10.2 Å². The number of nitrogens with zero attached hydrogens (tertiary/aromatic N) is 2. The average Bonchev–Trinajstić information content (AvgIpc) is 2.81. The Labute approximate surface area is 182 Å². The van der Waals surface area contributed by atoms with Crippen molar-refractivity contribution < 1.29 is 23.4 Å². The van der Waals surface area contributed by atoms with Crippen molar-refractivity contribution in [2.75, 3.05) is 65.5 Å². The van der Waals surface area contributed by atoms with Crippen molar-refractivity contribution in [2.24, 2.45) is 0 Å². The molecule has 1 saturated heterocycles. The molecular weight excluding hydrogens is 401 g/mol. The van der Waals surface area contributed by atoms with E-state index in [1.54, 1.807) is 12.1 Å². The van der Waals surface area contributed by atoms with E-state index in [2.05, 4.69) is 15.1 Å². The van der Waals surface area contributed by atoms with Gasteiger partial charge in [0.15, 0.2) is 11.5 Å². The summed E-state index contributed by atoms with van der Waals surface area (Å²) in [4.78, 5) is 17.2. The molecule has 0 aromatic heterocycles. The van der Waals surface area contributed by atoms with Crippen molar-refractivity contribution in [3.63, 3.8) is 0 Å². The average molecular weight is 432 g/mol.